The molecule has 0 spiro atoms. The Hall–Kier alpha value is -1.79. The third kappa shape index (κ3) is 5.24. The second-order valence-corrected chi connectivity index (χ2v) is 5.78. The summed E-state index contributed by atoms with van der Waals surface area (Å²) in [7, 11) is 0. The first-order valence-electron chi connectivity index (χ1n) is 7.38. The lowest BCUT2D eigenvalue weighted by Gasteiger charge is -2.39. The fraction of sp³-hybridized carbons (Fsp3) is 0.786. The molecule has 7 heteroatoms. The van der Waals surface area contributed by atoms with Crippen LogP contribution in [-0.2, 0) is 9.59 Å². The lowest BCUT2D eigenvalue weighted by atomic mass is 10.1. The van der Waals surface area contributed by atoms with Crippen LogP contribution in [0.5, 0.6) is 0 Å². The Morgan fingerprint density at radius 1 is 1.38 bits per heavy atom. The van der Waals surface area contributed by atoms with E-state index in [9.17, 15) is 14.4 Å². The van der Waals surface area contributed by atoms with Gasteiger partial charge < -0.3 is 20.2 Å². The highest BCUT2D eigenvalue weighted by Crippen LogP contribution is 2.13. The number of nitrogens with zero attached hydrogens (tertiary/aromatic N) is 2. The van der Waals surface area contributed by atoms with Crippen molar-refractivity contribution in [3.05, 3.63) is 0 Å². The second-order valence-electron chi connectivity index (χ2n) is 5.78. The predicted octanol–water partition coefficient (Wildman–Crippen LogP) is 0.750. The van der Waals surface area contributed by atoms with E-state index in [1.54, 1.807) is 11.8 Å². The van der Waals surface area contributed by atoms with Crippen molar-refractivity contribution in [3.8, 4) is 0 Å². The molecule has 1 rings (SSSR count). The molecular weight excluding hydrogens is 274 g/mol. The van der Waals surface area contributed by atoms with Crippen LogP contribution in [0.15, 0.2) is 0 Å². The SMILES string of the molecule is CC(C)CN1CCN(C(=O)NCCCC(=O)O)C(C)C1=O. The molecule has 3 amide bonds. The molecule has 1 aliphatic heterocycles. The van der Waals surface area contributed by atoms with Gasteiger partial charge in [0.25, 0.3) is 0 Å². The number of aliphatic carboxylic acids is 1. The largest absolute Gasteiger partial charge is 0.481 e. The molecule has 1 atom stereocenters. The lowest BCUT2D eigenvalue weighted by molar-refractivity contribution is -0.139. The van der Waals surface area contributed by atoms with Crippen LogP contribution in [0.3, 0.4) is 0 Å². The third-order valence-electron chi connectivity index (χ3n) is 3.44. The van der Waals surface area contributed by atoms with E-state index in [-0.39, 0.29) is 18.4 Å². The van der Waals surface area contributed by atoms with E-state index in [4.69, 9.17) is 5.11 Å². The van der Waals surface area contributed by atoms with E-state index in [0.29, 0.717) is 38.5 Å². The number of carbonyl (C=O) groups excluding carboxylic acids is 2. The van der Waals surface area contributed by atoms with Crippen molar-refractivity contribution < 1.29 is 19.5 Å². The summed E-state index contributed by atoms with van der Waals surface area (Å²) >= 11 is 0. The summed E-state index contributed by atoms with van der Waals surface area (Å²) in [4.78, 5) is 37.9. The molecule has 0 aromatic heterocycles. The number of urea groups is 1. The summed E-state index contributed by atoms with van der Waals surface area (Å²) in [5.41, 5.74) is 0. The first kappa shape index (κ1) is 17.3. The third-order valence-corrected chi connectivity index (χ3v) is 3.44. The summed E-state index contributed by atoms with van der Waals surface area (Å²) in [6, 6.07) is -0.776. The molecule has 7 nitrogen and oxygen atoms in total. The molecule has 0 bridgehead atoms. The van der Waals surface area contributed by atoms with Crippen molar-refractivity contribution in [2.45, 2.75) is 39.7 Å². The maximum atomic E-state index is 12.2. The molecule has 120 valence electrons. The Balaban J connectivity index is 2.44. The Labute approximate surface area is 125 Å². The summed E-state index contributed by atoms with van der Waals surface area (Å²) < 4.78 is 0. The summed E-state index contributed by atoms with van der Waals surface area (Å²) in [6.07, 6.45) is 0.410. The number of rotatable bonds is 6. The zero-order valence-electron chi connectivity index (χ0n) is 13.0. The molecule has 1 fully saturated rings. The molecule has 0 aromatic carbocycles. The van der Waals surface area contributed by atoms with Crippen LogP contribution in [0.1, 0.15) is 33.6 Å². The quantitative estimate of drug-likeness (QED) is 0.708. The van der Waals surface area contributed by atoms with Crippen molar-refractivity contribution in [1.29, 1.82) is 0 Å². The zero-order chi connectivity index (χ0) is 16.0. The number of hydrogen-bond donors (Lipinski definition) is 2. The zero-order valence-corrected chi connectivity index (χ0v) is 13.0. The van der Waals surface area contributed by atoms with Gasteiger partial charge in [0.1, 0.15) is 6.04 Å². The number of nitrogens with one attached hydrogen (secondary N) is 1. The molecule has 1 saturated heterocycles. The average molecular weight is 299 g/mol. The molecule has 21 heavy (non-hydrogen) atoms. The van der Waals surface area contributed by atoms with Crippen LogP contribution in [0, 0.1) is 5.92 Å². The maximum absolute atomic E-state index is 12.2. The number of hydrogen-bond acceptors (Lipinski definition) is 3. The maximum Gasteiger partial charge on any atom is 0.318 e. The number of carbonyl (C=O) groups is 3. The Bertz CT molecular complexity index is 398. The summed E-state index contributed by atoms with van der Waals surface area (Å²) in [5.74, 6) is -0.511. The Morgan fingerprint density at radius 3 is 2.62 bits per heavy atom. The minimum Gasteiger partial charge on any atom is -0.481 e. The monoisotopic (exact) mass is 299 g/mol. The van der Waals surface area contributed by atoms with Gasteiger partial charge in [0, 0.05) is 32.6 Å². The molecule has 1 heterocycles. The van der Waals surface area contributed by atoms with E-state index in [1.165, 1.54) is 4.90 Å². The van der Waals surface area contributed by atoms with Gasteiger partial charge >= 0.3 is 12.0 Å². The van der Waals surface area contributed by atoms with Crippen molar-refractivity contribution in [2.75, 3.05) is 26.2 Å². The van der Waals surface area contributed by atoms with Crippen LogP contribution in [0.25, 0.3) is 0 Å². The van der Waals surface area contributed by atoms with Crippen molar-refractivity contribution in [1.82, 2.24) is 15.1 Å². The van der Waals surface area contributed by atoms with Crippen LogP contribution in [0.2, 0.25) is 0 Å². The summed E-state index contributed by atoms with van der Waals surface area (Å²) in [6.45, 7) is 7.90. The second kappa shape index (κ2) is 7.85. The van der Waals surface area contributed by atoms with Crippen LogP contribution in [0.4, 0.5) is 4.79 Å². The van der Waals surface area contributed by atoms with Gasteiger partial charge in [-0.25, -0.2) is 4.79 Å². The number of carboxylic acid groups (broad SMARTS) is 1. The van der Waals surface area contributed by atoms with Crippen molar-refractivity contribution in [3.63, 3.8) is 0 Å². The topological polar surface area (TPSA) is 89.9 Å². The average Bonchev–Trinajstić information content (AvgIpc) is 2.39. The van der Waals surface area contributed by atoms with Crippen LogP contribution < -0.4 is 5.32 Å². The normalized spacial score (nSPS) is 19.0. The fourth-order valence-corrected chi connectivity index (χ4v) is 2.37. The van der Waals surface area contributed by atoms with Gasteiger partial charge in [-0.2, -0.15) is 0 Å². The standard InChI is InChI=1S/C14H25N3O4/c1-10(2)9-16-7-8-17(11(3)13(16)20)14(21)15-6-4-5-12(18)19/h10-11H,4-9H2,1-3H3,(H,15,21)(H,18,19). The van der Waals surface area contributed by atoms with E-state index < -0.39 is 12.0 Å². The van der Waals surface area contributed by atoms with E-state index in [2.05, 4.69) is 19.2 Å². The van der Waals surface area contributed by atoms with Gasteiger partial charge in [0.2, 0.25) is 5.91 Å². The molecule has 0 saturated carbocycles. The van der Waals surface area contributed by atoms with Gasteiger partial charge in [-0.05, 0) is 19.3 Å². The number of amides is 3. The minimum absolute atomic E-state index is 0.0247. The van der Waals surface area contributed by atoms with Crippen LogP contribution >= 0.6 is 0 Å². The molecule has 0 aliphatic carbocycles. The lowest BCUT2D eigenvalue weighted by Crippen LogP contribution is -2.60. The molecule has 0 radical (unpaired) electrons. The van der Waals surface area contributed by atoms with Crippen LogP contribution in [-0.4, -0.2) is 65.0 Å². The van der Waals surface area contributed by atoms with Crippen molar-refractivity contribution in [2.24, 2.45) is 5.92 Å². The predicted molar refractivity (Wildman–Crippen MR) is 77.9 cm³/mol. The highest BCUT2D eigenvalue weighted by molar-refractivity contribution is 5.88. The molecule has 0 aromatic rings. The van der Waals surface area contributed by atoms with Gasteiger partial charge in [0.05, 0.1) is 0 Å². The van der Waals surface area contributed by atoms with E-state index >= 15 is 0 Å². The van der Waals surface area contributed by atoms with Gasteiger partial charge in [-0.3, -0.25) is 9.59 Å². The highest BCUT2D eigenvalue weighted by atomic mass is 16.4. The first-order valence-corrected chi connectivity index (χ1v) is 7.38. The summed E-state index contributed by atoms with van der Waals surface area (Å²) in [5, 5.41) is 11.2. The van der Waals surface area contributed by atoms with E-state index in [0.717, 1.165) is 0 Å². The van der Waals surface area contributed by atoms with Gasteiger partial charge in [-0.15, -0.1) is 0 Å². The number of carboxylic acids is 1. The Kier molecular flexibility index (Phi) is 6.45. The highest BCUT2D eigenvalue weighted by Gasteiger charge is 2.34. The minimum atomic E-state index is -0.880. The van der Waals surface area contributed by atoms with Crippen molar-refractivity contribution >= 4 is 17.9 Å². The smallest absolute Gasteiger partial charge is 0.318 e. The first-order chi connectivity index (χ1) is 9.82. The molecule has 1 aliphatic rings. The van der Waals surface area contributed by atoms with Gasteiger partial charge in [0.15, 0.2) is 0 Å². The van der Waals surface area contributed by atoms with E-state index in [1.807, 2.05) is 0 Å². The molecule has 2 N–H and O–H groups in total. The number of piperazine rings is 1. The fourth-order valence-electron chi connectivity index (χ4n) is 2.37. The Morgan fingerprint density at radius 2 is 2.05 bits per heavy atom. The molecular formula is C14H25N3O4. The van der Waals surface area contributed by atoms with Gasteiger partial charge in [-0.1, -0.05) is 13.8 Å². The molecule has 1 unspecified atom stereocenters.